The number of aliphatic hydroxyl groups is 1. The van der Waals surface area contributed by atoms with Crippen molar-refractivity contribution in [1.82, 2.24) is 45.8 Å². The number of carboxylic acids is 2. The smallest absolute Gasteiger partial charge is 0.338 e. The molecule has 7 N–H and O–H groups in total. The van der Waals surface area contributed by atoms with Crippen LogP contribution in [0.1, 0.15) is 185 Å². The van der Waals surface area contributed by atoms with E-state index >= 15 is 0 Å². The maximum Gasteiger partial charge on any atom is 0.338 e. The Morgan fingerprint density at radius 3 is 0.934 bits per heavy atom. The average molecular weight is 1910 g/mol. The van der Waals surface area contributed by atoms with Gasteiger partial charge in [0.25, 0.3) is 35.4 Å². The first-order valence-corrected chi connectivity index (χ1v) is 43.6. The Hall–Kier alpha value is -14.2. The van der Waals surface area contributed by atoms with Crippen LogP contribution in [0.5, 0.6) is 0 Å². The lowest BCUT2D eigenvalue weighted by molar-refractivity contribution is -0.140. The number of aromatic carboxylic acids is 1. The minimum Gasteiger partial charge on any atom is -0.480 e. The Kier molecular flexibility index (Phi) is 38.3. The summed E-state index contributed by atoms with van der Waals surface area (Å²) in [7, 11) is 5.34. The fraction of sp³-hybridized carbons (Fsp3) is 0.376. The Morgan fingerprint density at radius 2 is 0.664 bits per heavy atom. The maximum absolute atomic E-state index is 14.4. The lowest BCUT2D eigenvalue weighted by Gasteiger charge is -2.43. The second kappa shape index (κ2) is 47.8. The van der Waals surface area contributed by atoms with Gasteiger partial charge in [-0.05, 0) is 210 Å². The van der Waals surface area contributed by atoms with E-state index in [2.05, 4.69) is 21.3 Å². The summed E-state index contributed by atoms with van der Waals surface area (Å²) >= 11 is 0. The first kappa shape index (κ1) is 110. The largest absolute Gasteiger partial charge is 0.480 e. The number of esters is 2. The monoisotopic (exact) mass is 1910 g/mol. The molecule has 32 nitrogen and oxygen atoms in total. The van der Waals surface area contributed by atoms with E-state index in [0.29, 0.717) is 65.2 Å². The van der Waals surface area contributed by atoms with E-state index in [9.17, 15) is 90.2 Å². The quantitative estimate of drug-likeness (QED) is 0.0245. The molecule has 3 atom stereocenters. The number of hydrogen-bond acceptors (Lipinski definition) is 19. The summed E-state index contributed by atoms with van der Waals surface area (Å²) in [5, 5.41) is 36.1. The van der Waals surface area contributed by atoms with Crippen molar-refractivity contribution >= 4 is 119 Å². The summed E-state index contributed by atoms with van der Waals surface area (Å²) in [6.45, 7) is 18.0. The number of rotatable bonds is 22. The molecule has 6 fully saturated rings. The molecule has 6 saturated heterocycles. The van der Waals surface area contributed by atoms with Crippen molar-refractivity contribution in [2.45, 2.75) is 164 Å². The molecule has 137 heavy (non-hydrogen) atoms. The van der Waals surface area contributed by atoms with Gasteiger partial charge in [0.05, 0.1) is 33.4 Å². The van der Waals surface area contributed by atoms with E-state index in [-0.39, 0.29) is 162 Å². The van der Waals surface area contributed by atoms with Gasteiger partial charge in [0, 0.05) is 71.5 Å². The number of amides is 14. The predicted molar refractivity (Wildman–Crippen MR) is 509 cm³/mol. The third kappa shape index (κ3) is 24.6. The van der Waals surface area contributed by atoms with Crippen LogP contribution >= 0.6 is 12.4 Å². The van der Waals surface area contributed by atoms with Gasteiger partial charge in [0.15, 0.2) is 0 Å². The van der Waals surface area contributed by atoms with E-state index in [1.165, 1.54) is 96.5 Å². The van der Waals surface area contributed by atoms with Gasteiger partial charge in [-0.15, -0.1) is 12.4 Å². The van der Waals surface area contributed by atoms with Crippen LogP contribution in [0.2, 0.25) is 0 Å². The number of carbonyl (C=O) groups is 15. The maximum atomic E-state index is 14.4. The van der Waals surface area contributed by atoms with Gasteiger partial charge in [-0.3, -0.25) is 67.8 Å². The van der Waals surface area contributed by atoms with Crippen LogP contribution in [-0.2, 0) is 51.5 Å². The highest BCUT2D eigenvalue weighted by atomic mass is 35.5. The van der Waals surface area contributed by atoms with Crippen LogP contribution in [0, 0.1) is 56.0 Å². The molecule has 14 rings (SSSR count). The molecular formula is C101H120ClF3N12O20. The van der Waals surface area contributed by atoms with Crippen LogP contribution in [-0.4, -0.2) is 231 Å². The lowest BCUT2D eigenvalue weighted by atomic mass is 9.85. The van der Waals surface area contributed by atoms with Crippen molar-refractivity contribution in [2.75, 3.05) is 82.2 Å². The zero-order chi connectivity index (χ0) is 98.1. The Balaban J connectivity index is 0.000000256. The zero-order valence-corrected chi connectivity index (χ0v) is 78.0. The fourth-order valence-corrected chi connectivity index (χ4v) is 16.8. The number of aliphatic carboxylic acids is 1. The topological polar surface area (TPSA) is 409 Å². The van der Waals surface area contributed by atoms with Crippen molar-refractivity contribution in [3.05, 3.63) is 267 Å². The van der Waals surface area contributed by atoms with Gasteiger partial charge >= 0.3 is 42.0 Å². The minimum absolute atomic E-state index is 0. The third-order valence-corrected chi connectivity index (χ3v) is 24.3. The van der Waals surface area contributed by atoms with Gasteiger partial charge < -0.3 is 55.9 Å². The number of aryl methyl sites for hydroxylation is 3. The molecule has 6 aliphatic heterocycles. The first-order chi connectivity index (χ1) is 63.6. The van der Waals surface area contributed by atoms with Crippen LogP contribution in [0.25, 0.3) is 0 Å². The molecule has 8 aromatic carbocycles. The minimum atomic E-state index is -1.23. The number of anilines is 3. The number of ether oxygens (including phenoxy) is 2. The summed E-state index contributed by atoms with van der Waals surface area (Å²) in [5.41, 5.74) is 2.37. The van der Waals surface area contributed by atoms with E-state index in [0.717, 1.165) is 33.6 Å². The molecule has 0 unspecified atom stereocenters. The SMILES string of the molecule is C.C.CN1C(=O)N(c2ccc(C(=O)OCc3ccccc3)cc2)C2(CCNCC2)C1=O.CO.Cc1ccc(F)c(C(=O)N[C@@H](C(=O)N2CCC3(CC2)C(=O)N(C)C(=O)N3c2ccc(C(=O)O)cc2)C(C)C)c1.Cc1ccc(F)c(C(=O)N[C@@H](C(=O)N2CCC3(CC2)C(=O)N(C)C(=O)N3c2ccc(C(=O)OCc3ccccc3)cc2)C(C)C)c1.Cc1ccc(F)c(C(=O)N[C@@H](C(=O)O)C(C)C)c1.Cl. The average Bonchev–Trinajstić information content (AvgIpc) is 1.57. The highest BCUT2D eigenvalue weighted by molar-refractivity contribution is 6.19. The van der Waals surface area contributed by atoms with Crippen LogP contribution in [0.4, 0.5) is 44.6 Å². The molecule has 14 amide bonds. The molecule has 0 radical (unpaired) electrons. The predicted octanol–water partition coefficient (Wildman–Crippen LogP) is 13.6. The molecular weight excluding hydrogens is 1790 g/mol. The third-order valence-electron chi connectivity index (χ3n) is 24.3. The lowest BCUT2D eigenvalue weighted by Crippen LogP contribution is -2.60. The van der Waals surface area contributed by atoms with Crippen molar-refractivity contribution in [3.63, 3.8) is 0 Å². The van der Waals surface area contributed by atoms with Gasteiger partial charge in [-0.1, -0.05) is 152 Å². The van der Waals surface area contributed by atoms with Gasteiger partial charge in [0.1, 0.15) is 65.4 Å². The number of aliphatic hydroxyl groups excluding tert-OH is 1. The molecule has 0 bridgehead atoms. The van der Waals surface area contributed by atoms with Gasteiger partial charge in [-0.2, -0.15) is 0 Å². The van der Waals surface area contributed by atoms with Crippen LogP contribution in [0.15, 0.2) is 188 Å². The van der Waals surface area contributed by atoms with Crippen LogP contribution < -0.4 is 36.0 Å². The summed E-state index contributed by atoms with van der Waals surface area (Å²) in [4.78, 5) is 202. The van der Waals surface area contributed by atoms with Gasteiger partial charge in [-0.25, -0.2) is 46.7 Å². The first-order valence-electron chi connectivity index (χ1n) is 43.6. The normalized spacial score (nSPS) is 16.1. The number of carbonyl (C=O) groups excluding carboxylic acids is 13. The molecule has 0 aliphatic carbocycles. The molecule has 0 saturated carbocycles. The Labute approximate surface area is 800 Å². The molecule has 36 heteroatoms. The van der Waals surface area contributed by atoms with Crippen molar-refractivity contribution in [3.8, 4) is 0 Å². The zero-order valence-electron chi connectivity index (χ0n) is 77.2. The summed E-state index contributed by atoms with van der Waals surface area (Å²) in [5.74, 6) is -9.81. The summed E-state index contributed by atoms with van der Waals surface area (Å²) in [6.07, 6.45) is 1.75. The van der Waals surface area contributed by atoms with Gasteiger partial charge in [0.2, 0.25) is 11.8 Å². The molecule has 8 aromatic rings. The van der Waals surface area contributed by atoms with E-state index in [1.54, 1.807) is 144 Å². The number of nitrogens with one attached hydrogen (secondary N) is 4. The Morgan fingerprint density at radius 1 is 0.394 bits per heavy atom. The Bertz CT molecular complexity index is 5720. The van der Waals surface area contributed by atoms with E-state index < -0.39 is 112 Å². The number of likely N-dealkylation sites (N-methyl/N-ethyl adjacent to an activating group) is 3. The molecule has 732 valence electrons. The number of urea groups is 3. The summed E-state index contributed by atoms with van der Waals surface area (Å²) < 4.78 is 52.9. The highest BCUT2D eigenvalue weighted by Gasteiger charge is 2.61. The second-order valence-corrected chi connectivity index (χ2v) is 34.4. The number of halogens is 4. The molecule has 6 aliphatic rings. The van der Waals surface area contributed by atoms with Crippen molar-refractivity contribution in [1.29, 1.82) is 0 Å². The number of likely N-dealkylation sites (tertiary alicyclic amines) is 2. The number of carboxylic acid groups (broad SMARTS) is 2. The number of benzene rings is 8. The number of nitrogens with zero attached hydrogens (tertiary/aromatic N) is 8. The molecule has 0 aromatic heterocycles. The standard InChI is InChI=1S/C35H37FN4O6.C28H31FN4O6.C22H23N3O4.C13H16FNO3.CH4O.2CH4.ClH/c1-22(2)29(37-30(41)27-20-23(3)10-15-28(27)36)31(42)39-18-16-35(17-19-39)33(44)38(4)34(45)40(35)26-13-11-25(12-14-26)32(43)46-21-24-8-6-5-7-9-24;1-16(2)22(30-23(34)20-15-17(3)5-10-21(20)29)24(35)32-13-11-28(12-14-32)26(38)31(4)27(39)33(28)19-8-6-18(7-9-19)25(36)37;1-24-20(27)22(11-13-23-14-12-22)25(21(24)28)18-9-7-17(8-10-18)19(26)29-15-16-5-3-2-4-6-16;1-7(2)11(13(17)18)15-12(16)9-6-8(3)4-5-10(9)14;1-2;;;/h5-15,20,22,29H,16-19,21H2,1-4H3,(H,37,41);5-10,15-16,22H,11-14H2,1-4H3,(H,30,34)(H,36,37);2-10,23H,11-15H2,1H3;4-7,11H,1-3H3,(H,15,16)(H,17,18);2H,1H3;2*1H4;1H/t29-;22-;;11-;;;;/m11.1..../s1. The number of piperidine rings is 3. The van der Waals surface area contributed by atoms with Crippen LogP contribution in [0.3, 0.4) is 0 Å². The van der Waals surface area contributed by atoms with Crippen molar-refractivity contribution < 1.29 is 110 Å². The van der Waals surface area contributed by atoms with Crippen molar-refractivity contribution in [2.24, 2.45) is 17.8 Å². The number of hydrogen-bond donors (Lipinski definition) is 7. The highest BCUT2D eigenvalue weighted by Crippen LogP contribution is 2.44. The molecule has 3 spiro atoms. The van der Waals surface area contributed by atoms with E-state index in [4.69, 9.17) is 19.7 Å². The number of imide groups is 3. The summed E-state index contributed by atoms with van der Waals surface area (Å²) in [6, 6.07) is 45.7. The molecule has 6 heterocycles. The second-order valence-electron chi connectivity index (χ2n) is 34.4. The fourth-order valence-electron chi connectivity index (χ4n) is 16.8. The van der Waals surface area contributed by atoms with E-state index in [1.807, 2.05) is 60.7 Å².